The van der Waals surface area contributed by atoms with Crippen LogP contribution in [0, 0.1) is 18.8 Å². The molecule has 2 aliphatic rings. The van der Waals surface area contributed by atoms with Gasteiger partial charge in [-0.3, -0.25) is 14.6 Å². The van der Waals surface area contributed by atoms with Crippen molar-refractivity contribution < 1.29 is 9.59 Å². The third-order valence-corrected chi connectivity index (χ3v) is 5.49. The zero-order valence-corrected chi connectivity index (χ0v) is 15.4. The van der Waals surface area contributed by atoms with Crippen molar-refractivity contribution in [2.75, 3.05) is 26.7 Å². The van der Waals surface area contributed by atoms with Gasteiger partial charge in [-0.2, -0.15) is 0 Å². The lowest BCUT2D eigenvalue weighted by atomic mass is 10.1. The smallest absolute Gasteiger partial charge is 0.255 e. The molecule has 2 heterocycles. The van der Waals surface area contributed by atoms with Gasteiger partial charge in [0.15, 0.2) is 0 Å². The number of hydrogen-bond acceptors (Lipinski definition) is 3. The number of pyridine rings is 1. The number of likely N-dealkylation sites (tertiary alicyclic amines) is 1. The summed E-state index contributed by atoms with van der Waals surface area (Å²) in [5.41, 5.74) is 2.68. The van der Waals surface area contributed by atoms with Crippen molar-refractivity contribution in [3.05, 3.63) is 41.6 Å². The van der Waals surface area contributed by atoms with E-state index in [1.807, 2.05) is 37.1 Å². The predicted octanol–water partition coefficient (Wildman–Crippen LogP) is 2.87. The number of rotatable bonds is 4. The first kappa shape index (κ1) is 17.0. The Balaban J connectivity index is 1.40. The predicted molar refractivity (Wildman–Crippen MR) is 101 cm³/mol. The Morgan fingerprint density at radius 2 is 2.04 bits per heavy atom. The van der Waals surface area contributed by atoms with Crippen LogP contribution in [0.3, 0.4) is 0 Å². The SMILES string of the molecule is Cc1ccc2ncc(C(=O)N(C)CC3CCN(C(=O)C4CC4)C3)cc2c1. The number of nitrogens with zero attached hydrogens (tertiary/aromatic N) is 3. The first-order valence-corrected chi connectivity index (χ1v) is 9.42. The van der Waals surface area contributed by atoms with Gasteiger partial charge >= 0.3 is 0 Å². The number of fused-ring (bicyclic) bond motifs is 1. The topological polar surface area (TPSA) is 53.5 Å². The Morgan fingerprint density at radius 3 is 2.81 bits per heavy atom. The Morgan fingerprint density at radius 1 is 1.23 bits per heavy atom. The second kappa shape index (κ2) is 6.71. The van der Waals surface area contributed by atoms with E-state index in [1.54, 1.807) is 11.1 Å². The van der Waals surface area contributed by atoms with E-state index in [2.05, 4.69) is 11.1 Å². The lowest BCUT2D eigenvalue weighted by Gasteiger charge is -2.22. The average Bonchev–Trinajstić information content (AvgIpc) is 3.39. The van der Waals surface area contributed by atoms with Crippen molar-refractivity contribution in [1.29, 1.82) is 0 Å². The number of benzene rings is 1. The van der Waals surface area contributed by atoms with Crippen LogP contribution >= 0.6 is 0 Å². The zero-order valence-electron chi connectivity index (χ0n) is 15.4. The number of carbonyl (C=O) groups is 2. The highest BCUT2D eigenvalue weighted by Crippen LogP contribution is 2.33. The standard InChI is InChI=1S/C21H25N3O2/c1-14-3-6-19-17(9-14)10-18(11-22-19)20(25)23(2)12-15-7-8-24(13-15)21(26)16-4-5-16/h3,6,9-11,15-16H,4-5,7-8,12-13H2,1-2H3. The molecule has 1 aromatic heterocycles. The van der Waals surface area contributed by atoms with E-state index < -0.39 is 0 Å². The maximum Gasteiger partial charge on any atom is 0.255 e. The second-order valence-electron chi connectivity index (χ2n) is 7.82. The molecule has 1 unspecified atom stereocenters. The molecule has 1 saturated heterocycles. The number of amides is 2. The molecule has 1 saturated carbocycles. The molecule has 5 heteroatoms. The van der Waals surface area contributed by atoms with Gasteiger partial charge in [0.05, 0.1) is 11.1 Å². The molecule has 1 aromatic carbocycles. The van der Waals surface area contributed by atoms with E-state index in [0.717, 1.165) is 48.8 Å². The van der Waals surface area contributed by atoms with Crippen LogP contribution in [0.15, 0.2) is 30.5 Å². The third kappa shape index (κ3) is 3.43. The minimum Gasteiger partial charge on any atom is -0.342 e. The summed E-state index contributed by atoms with van der Waals surface area (Å²) in [5, 5.41) is 0.992. The van der Waals surface area contributed by atoms with Gasteiger partial charge in [0.2, 0.25) is 5.91 Å². The molecule has 1 aliphatic heterocycles. The normalized spacial score (nSPS) is 19.8. The Hall–Kier alpha value is -2.43. The van der Waals surface area contributed by atoms with Crippen LogP contribution in [0.1, 0.15) is 35.2 Å². The van der Waals surface area contributed by atoms with Gasteiger partial charge in [0.25, 0.3) is 5.91 Å². The van der Waals surface area contributed by atoms with Gasteiger partial charge in [-0.1, -0.05) is 11.6 Å². The van der Waals surface area contributed by atoms with E-state index in [9.17, 15) is 9.59 Å². The number of hydrogen-bond donors (Lipinski definition) is 0. The minimum absolute atomic E-state index is 0.00660. The number of carbonyl (C=O) groups excluding carboxylic acids is 2. The van der Waals surface area contributed by atoms with E-state index in [4.69, 9.17) is 0 Å². The van der Waals surface area contributed by atoms with Crippen molar-refractivity contribution in [3.8, 4) is 0 Å². The molecule has 136 valence electrons. The summed E-state index contributed by atoms with van der Waals surface area (Å²) in [6, 6.07) is 7.98. The fourth-order valence-electron chi connectivity index (χ4n) is 3.83. The van der Waals surface area contributed by atoms with Crippen LogP contribution in [0.25, 0.3) is 10.9 Å². The molecule has 1 atom stereocenters. The van der Waals surface area contributed by atoms with Crippen LogP contribution in [0.5, 0.6) is 0 Å². The molecule has 26 heavy (non-hydrogen) atoms. The summed E-state index contributed by atoms with van der Waals surface area (Å²) < 4.78 is 0. The fourth-order valence-corrected chi connectivity index (χ4v) is 3.83. The summed E-state index contributed by atoms with van der Waals surface area (Å²) >= 11 is 0. The summed E-state index contributed by atoms with van der Waals surface area (Å²) in [6.07, 6.45) is 4.74. The Bertz CT molecular complexity index is 859. The molecule has 0 N–H and O–H groups in total. The van der Waals surface area contributed by atoms with Gasteiger partial charge in [0.1, 0.15) is 0 Å². The zero-order chi connectivity index (χ0) is 18.3. The van der Waals surface area contributed by atoms with E-state index in [1.165, 1.54) is 0 Å². The lowest BCUT2D eigenvalue weighted by Crippen LogP contribution is -2.35. The highest BCUT2D eigenvalue weighted by Gasteiger charge is 2.36. The molecule has 1 aliphatic carbocycles. The minimum atomic E-state index is -0.00660. The molecule has 2 aromatic rings. The van der Waals surface area contributed by atoms with Crippen LogP contribution in [0.4, 0.5) is 0 Å². The first-order valence-electron chi connectivity index (χ1n) is 9.42. The number of aryl methyl sites for hydroxylation is 1. The van der Waals surface area contributed by atoms with Crippen molar-refractivity contribution in [3.63, 3.8) is 0 Å². The van der Waals surface area contributed by atoms with Gasteiger partial charge in [0, 0.05) is 44.2 Å². The molecule has 2 fully saturated rings. The van der Waals surface area contributed by atoms with Gasteiger partial charge in [-0.15, -0.1) is 0 Å². The highest BCUT2D eigenvalue weighted by molar-refractivity contribution is 5.97. The number of aromatic nitrogens is 1. The van der Waals surface area contributed by atoms with Crippen molar-refractivity contribution >= 4 is 22.7 Å². The van der Waals surface area contributed by atoms with Gasteiger partial charge in [-0.25, -0.2) is 0 Å². The molecular weight excluding hydrogens is 326 g/mol. The summed E-state index contributed by atoms with van der Waals surface area (Å²) in [4.78, 5) is 33.2. The Kier molecular flexibility index (Phi) is 4.39. The summed E-state index contributed by atoms with van der Waals surface area (Å²) in [6.45, 7) is 4.33. The van der Waals surface area contributed by atoms with E-state index in [0.29, 0.717) is 23.9 Å². The van der Waals surface area contributed by atoms with Crippen LogP contribution in [0.2, 0.25) is 0 Å². The maximum atomic E-state index is 12.8. The molecule has 2 amide bonds. The van der Waals surface area contributed by atoms with Crippen LogP contribution in [-0.2, 0) is 4.79 Å². The van der Waals surface area contributed by atoms with Crippen molar-refractivity contribution in [2.24, 2.45) is 11.8 Å². The second-order valence-corrected chi connectivity index (χ2v) is 7.82. The summed E-state index contributed by atoms with van der Waals surface area (Å²) in [7, 11) is 1.84. The fraction of sp³-hybridized carbons (Fsp3) is 0.476. The van der Waals surface area contributed by atoms with Crippen molar-refractivity contribution in [2.45, 2.75) is 26.2 Å². The molecule has 0 spiro atoms. The van der Waals surface area contributed by atoms with Crippen LogP contribution in [-0.4, -0.2) is 53.3 Å². The molecular formula is C21H25N3O2. The average molecular weight is 351 g/mol. The van der Waals surface area contributed by atoms with Crippen molar-refractivity contribution in [1.82, 2.24) is 14.8 Å². The highest BCUT2D eigenvalue weighted by atomic mass is 16.2. The van der Waals surface area contributed by atoms with Gasteiger partial charge in [-0.05, 0) is 50.3 Å². The quantitative estimate of drug-likeness (QED) is 0.851. The molecule has 0 bridgehead atoms. The van der Waals surface area contributed by atoms with Gasteiger partial charge < -0.3 is 9.80 Å². The Labute approximate surface area is 154 Å². The maximum absolute atomic E-state index is 12.8. The molecule has 4 rings (SSSR count). The lowest BCUT2D eigenvalue weighted by molar-refractivity contribution is -0.131. The van der Waals surface area contributed by atoms with E-state index in [-0.39, 0.29) is 11.8 Å². The largest absolute Gasteiger partial charge is 0.342 e. The van der Waals surface area contributed by atoms with Crippen LogP contribution < -0.4 is 0 Å². The third-order valence-electron chi connectivity index (χ3n) is 5.49. The summed E-state index contributed by atoms with van der Waals surface area (Å²) in [5.74, 6) is 0.950. The van der Waals surface area contributed by atoms with E-state index >= 15 is 0 Å². The first-order chi connectivity index (χ1) is 12.5. The monoisotopic (exact) mass is 351 g/mol. The molecule has 5 nitrogen and oxygen atoms in total. The molecule has 0 radical (unpaired) electrons.